The molecule has 0 saturated carbocycles. The molecule has 0 amide bonds. The van der Waals surface area contributed by atoms with E-state index in [-0.39, 0.29) is 28.7 Å². The fraction of sp³-hybridized carbons (Fsp3) is 0.793. The van der Waals surface area contributed by atoms with Crippen LogP contribution in [0.4, 0.5) is 0 Å². The molecule has 2 nitrogen and oxygen atoms in total. The Kier molecular flexibility index (Phi) is 12.5. The summed E-state index contributed by atoms with van der Waals surface area (Å²) in [6.07, 6.45) is 14.1. The molecule has 2 unspecified atom stereocenters. The highest BCUT2D eigenvalue weighted by atomic mass is 24.3. The van der Waals surface area contributed by atoms with Crippen molar-refractivity contribution in [3.63, 3.8) is 0 Å². The Bertz CT molecular complexity index is 712. The first kappa shape index (κ1) is 29.6. The van der Waals surface area contributed by atoms with Gasteiger partial charge in [-0.15, -0.1) is 0 Å². The van der Waals surface area contributed by atoms with Gasteiger partial charge in [-0.1, -0.05) is 72.6 Å². The molecule has 2 rings (SSSR count). The highest BCUT2D eigenvalue weighted by Gasteiger charge is 2.34. The summed E-state index contributed by atoms with van der Waals surface area (Å²) in [5.74, 6) is 4.04. The summed E-state index contributed by atoms with van der Waals surface area (Å²) in [6.45, 7) is 17.9. The van der Waals surface area contributed by atoms with Crippen molar-refractivity contribution in [1.82, 2.24) is 0 Å². The van der Waals surface area contributed by atoms with E-state index in [2.05, 4.69) is 41.5 Å². The monoisotopic (exact) mass is 456 g/mol. The Balaban J connectivity index is 0.00000512. The third kappa shape index (κ3) is 8.42. The summed E-state index contributed by atoms with van der Waals surface area (Å²) in [5, 5.41) is 10.4. The van der Waals surface area contributed by atoms with Crippen LogP contribution in [0.15, 0.2) is 0 Å². The maximum atomic E-state index is 10.4. The van der Waals surface area contributed by atoms with Crippen molar-refractivity contribution in [2.45, 2.75) is 132 Å². The van der Waals surface area contributed by atoms with Crippen LogP contribution in [0.3, 0.4) is 0 Å². The van der Waals surface area contributed by atoms with E-state index in [0.717, 1.165) is 59.5 Å². The van der Waals surface area contributed by atoms with E-state index in [4.69, 9.17) is 4.74 Å². The van der Waals surface area contributed by atoms with E-state index in [1.165, 1.54) is 56.9 Å². The van der Waals surface area contributed by atoms with Gasteiger partial charge in [0.25, 0.3) is 0 Å². The number of phenolic OH excluding ortho intramolecular Hbond substituents is 1. The second-order valence-electron chi connectivity index (χ2n) is 11.4. The molecule has 3 atom stereocenters. The predicted octanol–water partition coefficient (Wildman–Crippen LogP) is 7.92. The van der Waals surface area contributed by atoms with Crippen LogP contribution >= 0.6 is 0 Å². The van der Waals surface area contributed by atoms with Crippen molar-refractivity contribution in [3.05, 3.63) is 22.3 Å². The molecule has 1 aromatic rings. The van der Waals surface area contributed by atoms with Gasteiger partial charge in [0, 0.05) is 5.56 Å². The number of rotatable bonds is 12. The smallest absolute Gasteiger partial charge is 0.316 e. The summed E-state index contributed by atoms with van der Waals surface area (Å²) in [5.41, 5.74) is 4.23. The fourth-order valence-electron chi connectivity index (χ4n) is 5.27. The highest BCUT2D eigenvalue weighted by Crippen LogP contribution is 2.44. The Morgan fingerprint density at radius 3 is 1.91 bits per heavy atom. The number of hydrogen-bond acceptors (Lipinski definition) is 2. The molecule has 0 aliphatic carbocycles. The zero-order valence-electron chi connectivity index (χ0n) is 21.9. The first-order chi connectivity index (χ1) is 14.5. The van der Waals surface area contributed by atoms with Crippen LogP contribution in [0.25, 0.3) is 0 Å². The summed E-state index contributed by atoms with van der Waals surface area (Å²) >= 11 is 0. The van der Waals surface area contributed by atoms with Gasteiger partial charge < -0.3 is 9.84 Å². The highest BCUT2D eigenvalue weighted by molar-refractivity contribution is 5.75. The molecule has 1 N–H and O–H groups in total. The zero-order chi connectivity index (χ0) is 23.2. The predicted molar refractivity (Wildman–Crippen MR) is 143 cm³/mol. The van der Waals surface area contributed by atoms with Crippen molar-refractivity contribution >= 4 is 23.1 Å². The Morgan fingerprint density at radius 1 is 0.812 bits per heavy atom. The number of ether oxygens (including phenoxy) is 1. The lowest BCUT2D eigenvalue weighted by Crippen LogP contribution is -2.37. The summed E-state index contributed by atoms with van der Waals surface area (Å²) < 4.78 is 6.60. The summed E-state index contributed by atoms with van der Waals surface area (Å²) in [6, 6.07) is 0. The second-order valence-corrected chi connectivity index (χ2v) is 11.4. The quantitative estimate of drug-likeness (QED) is 0.323. The Morgan fingerprint density at radius 2 is 1.34 bits per heavy atom. The van der Waals surface area contributed by atoms with E-state index in [9.17, 15) is 5.11 Å². The maximum Gasteiger partial charge on any atom is 0.316 e. The van der Waals surface area contributed by atoms with Gasteiger partial charge in [-0.2, -0.15) is 0 Å². The molecule has 0 saturated heterocycles. The van der Waals surface area contributed by atoms with Crippen molar-refractivity contribution in [1.29, 1.82) is 0 Å². The minimum atomic E-state index is -0.0712. The summed E-state index contributed by atoms with van der Waals surface area (Å²) in [7, 11) is 0. The fourth-order valence-corrected chi connectivity index (χ4v) is 5.27. The van der Waals surface area contributed by atoms with E-state index < -0.39 is 0 Å². The van der Waals surface area contributed by atoms with Crippen LogP contribution < -0.4 is 4.74 Å². The molecular formula is C29H52MgO2. The third-order valence-electron chi connectivity index (χ3n) is 7.87. The molecule has 0 spiro atoms. The number of phenols is 1. The second kappa shape index (κ2) is 13.5. The lowest BCUT2D eigenvalue weighted by atomic mass is 9.84. The van der Waals surface area contributed by atoms with E-state index in [0.29, 0.717) is 5.75 Å². The molecular weight excluding hydrogens is 405 g/mol. The van der Waals surface area contributed by atoms with Gasteiger partial charge in [0.05, 0.1) is 0 Å². The van der Waals surface area contributed by atoms with Gasteiger partial charge in [-0.05, 0) is 87.8 Å². The molecule has 1 aliphatic rings. The van der Waals surface area contributed by atoms with Crippen molar-refractivity contribution < 1.29 is 9.84 Å². The molecule has 0 fully saturated rings. The maximum absolute atomic E-state index is 10.4. The molecule has 0 radical (unpaired) electrons. The molecule has 32 heavy (non-hydrogen) atoms. The Labute approximate surface area is 215 Å². The number of benzene rings is 1. The van der Waals surface area contributed by atoms with Crippen molar-refractivity contribution in [3.8, 4) is 11.5 Å². The molecule has 0 bridgehead atoms. The number of aromatic hydroxyl groups is 1. The van der Waals surface area contributed by atoms with Gasteiger partial charge in [0.1, 0.15) is 17.1 Å². The van der Waals surface area contributed by atoms with Crippen LogP contribution in [0.2, 0.25) is 0 Å². The van der Waals surface area contributed by atoms with Gasteiger partial charge in [-0.25, -0.2) is 0 Å². The topological polar surface area (TPSA) is 29.5 Å². The van der Waals surface area contributed by atoms with Crippen molar-refractivity contribution in [2.24, 2.45) is 17.8 Å². The normalized spacial score (nSPS) is 19.8. The van der Waals surface area contributed by atoms with Crippen LogP contribution in [0, 0.1) is 38.5 Å². The van der Waals surface area contributed by atoms with E-state index in [1.54, 1.807) is 0 Å². The third-order valence-corrected chi connectivity index (χ3v) is 7.87. The van der Waals surface area contributed by atoms with Gasteiger partial charge in [0.15, 0.2) is 0 Å². The average Bonchev–Trinajstić information content (AvgIpc) is 2.70. The zero-order valence-corrected chi connectivity index (χ0v) is 21.9. The number of fused-ring (bicyclic) bond motifs is 1. The summed E-state index contributed by atoms with van der Waals surface area (Å²) in [4.78, 5) is 0. The van der Waals surface area contributed by atoms with Gasteiger partial charge in [0.2, 0.25) is 0 Å². The van der Waals surface area contributed by atoms with Gasteiger partial charge in [-0.3, -0.25) is 0 Å². The van der Waals surface area contributed by atoms with Crippen molar-refractivity contribution in [2.75, 3.05) is 0 Å². The van der Waals surface area contributed by atoms with E-state index >= 15 is 0 Å². The lowest BCUT2D eigenvalue weighted by Gasteiger charge is -2.38. The van der Waals surface area contributed by atoms with Gasteiger partial charge >= 0.3 is 23.1 Å². The lowest BCUT2D eigenvalue weighted by molar-refractivity contribution is 0.0512. The molecule has 1 aliphatic heterocycles. The molecule has 3 heteroatoms. The molecule has 182 valence electrons. The van der Waals surface area contributed by atoms with Crippen LogP contribution in [-0.4, -0.2) is 33.8 Å². The first-order valence-corrected chi connectivity index (χ1v) is 13.0. The van der Waals surface area contributed by atoms with E-state index in [1.807, 2.05) is 13.8 Å². The largest absolute Gasteiger partial charge is 0.507 e. The van der Waals surface area contributed by atoms with Crippen LogP contribution in [0.1, 0.15) is 121 Å². The standard InChI is InChI=1S/C29H50O2.Mg.2H/c1-20(2)12-9-13-21(3)14-10-15-22(4)16-11-18-29(8)19-17-26-25(7)27(30)23(5)24(6)28(26)31-29;;;/h20-22,30H,9-19H2,1-8H3;;;/t21?,22?,29-;;;/m1.../s1. The minimum absolute atomic E-state index is 0. The SMILES string of the molecule is Cc1c(C)c2c(c(C)c1O)CC[C@@](C)(CCCC(C)CCCC(C)CCCC(C)C)O2.[MgH2]. The average molecular weight is 457 g/mol. The van der Waals surface area contributed by atoms with Crippen LogP contribution in [-0.2, 0) is 6.42 Å². The molecule has 1 heterocycles. The molecule has 1 aromatic carbocycles. The first-order valence-electron chi connectivity index (χ1n) is 13.0. The van der Waals surface area contributed by atoms with Crippen LogP contribution in [0.5, 0.6) is 11.5 Å². The minimum Gasteiger partial charge on any atom is -0.507 e. The Hall–Kier alpha value is -0.414. The molecule has 0 aromatic heterocycles. The number of hydrogen-bond donors (Lipinski definition) is 1.